The Hall–Kier alpha value is -2.62. The van der Waals surface area contributed by atoms with Gasteiger partial charge in [0.1, 0.15) is 5.69 Å². The number of carbonyl (C=O) groups excluding carboxylic acids is 1. The van der Waals surface area contributed by atoms with Crippen molar-refractivity contribution in [3.8, 4) is 11.3 Å². The van der Waals surface area contributed by atoms with Gasteiger partial charge in [-0.1, -0.05) is 63.4 Å². The molecule has 0 aliphatic heterocycles. The molecule has 1 aliphatic carbocycles. The molecule has 1 aliphatic rings. The number of ketones is 1. The highest BCUT2D eigenvalue weighted by atomic mass is 16.1. The molecule has 1 saturated carbocycles. The van der Waals surface area contributed by atoms with Crippen molar-refractivity contribution in [3.05, 3.63) is 48.0 Å². The van der Waals surface area contributed by atoms with Crippen molar-refractivity contribution in [3.63, 3.8) is 0 Å². The van der Waals surface area contributed by atoms with Gasteiger partial charge in [-0.3, -0.25) is 9.89 Å². The highest BCUT2D eigenvalue weighted by Crippen LogP contribution is 2.34. The van der Waals surface area contributed by atoms with Gasteiger partial charge < -0.3 is 5.32 Å². The Morgan fingerprint density at radius 1 is 1.14 bits per heavy atom. The molecule has 0 amide bonds. The topological polar surface area (TPSA) is 57.8 Å². The van der Waals surface area contributed by atoms with Crippen LogP contribution in [-0.4, -0.2) is 22.0 Å². The third-order valence-corrected chi connectivity index (χ3v) is 6.06. The molecule has 1 unspecified atom stereocenters. The molecule has 0 spiro atoms. The van der Waals surface area contributed by atoms with Gasteiger partial charge in [-0.05, 0) is 31.4 Å². The van der Waals surface area contributed by atoms with Crippen LogP contribution in [0.25, 0.3) is 22.2 Å². The molecule has 4 nitrogen and oxygen atoms in total. The summed E-state index contributed by atoms with van der Waals surface area (Å²) in [5, 5.41) is 12.7. The zero-order valence-corrected chi connectivity index (χ0v) is 16.8. The summed E-state index contributed by atoms with van der Waals surface area (Å²) in [6, 6.07) is 14.7. The summed E-state index contributed by atoms with van der Waals surface area (Å²) < 4.78 is 0. The van der Waals surface area contributed by atoms with Gasteiger partial charge in [0.05, 0.1) is 10.9 Å². The number of benzene rings is 2. The minimum absolute atomic E-state index is 0.0587. The van der Waals surface area contributed by atoms with E-state index in [-0.39, 0.29) is 11.7 Å². The monoisotopic (exact) mass is 375 g/mol. The highest BCUT2D eigenvalue weighted by molar-refractivity contribution is 6.03. The van der Waals surface area contributed by atoms with E-state index in [1.807, 2.05) is 38.1 Å². The molecule has 1 fully saturated rings. The number of hydrogen-bond acceptors (Lipinski definition) is 3. The Morgan fingerprint density at radius 2 is 1.89 bits per heavy atom. The molecule has 1 heterocycles. The number of Topliss-reactive ketones (excluding diaryl/α,β-unsaturated/α-hetero) is 1. The van der Waals surface area contributed by atoms with Crippen LogP contribution < -0.4 is 5.32 Å². The smallest absolute Gasteiger partial charge is 0.165 e. The first-order valence-electron chi connectivity index (χ1n) is 10.6. The van der Waals surface area contributed by atoms with Crippen molar-refractivity contribution in [1.29, 1.82) is 0 Å². The largest absolute Gasteiger partial charge is 0.382 e. The van der Waals surface area contributed by atoms with Crippen molar-refractivity contribution in [2.75, 3.05) is 5.32 Å². The van der Waals surface area contributed by atoms with Gasteiger partial charge in [-0.15, -0.1) is 0 Å². The second-order valence-electron chi connectivity index (χ2n) is 8.03. The van der Waals surface area contributed by atoms with Crippen LogP contribution in [-0.2, 0) is 0 Å². The van der Waals surface area contributed by atoms with E-state index >= 15 is 0 Å². The first-order chi connectivity index (χ1) is 13.7. The summed E-state index contributed by atoms with van der Waals surface area (Å²) in [6.45, 7) is 4.04. The fraction of sp³-hybridized carbons (Fsp3) is 0.417. The molecule has 28 heavy (non-hydrogen) atoms. The molecule has 3 aromatic rings. The molecule has 0 radical (unpaired) electrons. The van der Waals surface area contributed by atoms with Crippen LogP contribution in [0.2, 0.25) is 0 Å². The van der Waals surface area contributed by atoms with Gasteiger partial charge >= 0.3 is 0 Å². The van der Waals surface area contributed by atoms with Gasteiger partial charge in [-0.2, -0.15) is 5.10 Å². The van der Waals surface area contributed by atoms with Crippen molar-refractivity contribution in [2.45, 2.75) is 58.4 Å². The number of rotatable bonds is 6. The Morgan fingerprint density at radius 3 is 2.61 bits per heavy atom. The maximum Gasteiger partial charge on any atom is 0.165 e. The first-order valence-corrected chi connectivity index (χ1v) is 10.6. The number of nitrogens with zero attached hydrogens (tertiary/aromatic N) is 1. The van der Waals surface area contributed by atoms with Crippen LogP contribution in [0.1, 0.15) is 62.7 Å². The van der Waals surface area contributed by atoms with Crippen LogP contribution in [0.3, 0.4) is 0 Å². The van der Waals surface area contributed by atoms with E-state index in [0.29, 0.717) is 6.04 Å². The Balaban J connectivity index is 1.66. The van der Waals surface area contributed by atoms with E-state index in [1.54, 1.807) is 0 Å². The third-order valence-electron chi connectivity index (χ3n) is 6.06. The van der Waals surface area contributed by atoms with Gasteiger partial charge in [0.25, 0.3) is 0 Å². The molecule has 0 bridgehead atoms. The fourth-order valence-corrected chi connectivity index (χ4v) is 4.13. The van der Waals surface area contributed by atoms with Gasteiger partial charge in [0, 0.05) is 28.8 Å². The van der Waals surface area contributed by atoms with Crippen LogP contribution >= 0.6 is 0 Å². The molecular weight excluding hydrogens is 346 g/mol. The van der Waals surface area contributed by atoms with Crippen LogP contribution in [0, 0.1) is 5.92 Å². The number of hydrogen-bond donors (Lipinski definition) is 2. The Kier molecular flexibility index (Phi) is 5.47. The molecule has 2 aromatic carbocycles. The number of carbonyl (C=O) groups is 1. The van der Waals surface area contributed by atoms with Crippen LogP contribution in [0.15, 0.2) is 42.5 Å². The number of fused-ring (bicyclic) bond motifs is 1. The predicted molar refractivity (Wildman–Crippen MR) is 116 cm³/mol. The maximum atomic E-state index is 12.4. The summed E-state index contributed by atoms with van der Waals surface area (Å²) in [5.41, 5.74) is 4.93. The van der Waals surface area contributed by atoms with Gasteiger partial charge in [0.15, 0.2) is 5.78 Å². The minimum atomic E-state index is 0.0587. The normalized spacial score (nSPS) is 16.2. The summed E-state index contributed by atoms with van der Waals surface area (Å²) in [4.78, 5) is 12.4. The summed E-state index contributed by atoms with van der Waals surface area (Å²) in [5.74, 6) is 0.268. The number of H-pyrrole nitrogens is 1. The van der Waals surface area contributed by atoms with E-state index in [0.717, 1.165) is 39.8 Å². The molecule has 146 valence electrons. The summed E-state index contributed by atoms with van der Waals surface area (Å²) in [6.07, 6.45) is 7.28. The lowest BCUT2D eigenvalue weighted by molar-refractivity contribution is 0.0927. The molecular formula is C24H29N3O. The SMILES string of the molecule is CCC(C)C(=O)c1ccc(-c2n[nH]c3cccc(NC4CCCCC4)c23)cc1. The van der Waals surface area contributed by atoms with E-state index in [2.05, 4.69) is 33.7 Å². The van der Waals surface area contributed by atoms with Crippen molar-refractivity contribution >= 4 is 22.4 Å². The number of nitrogens with one attached hydrogen (secondary N) is 2. The maximum absolute atomic E-state index is 12.4. The number of aromatic amines is 1. The Labute approximate surface area is 166 Å². The molecule has 4 rings (SSSR count). The average Bonchev–Trinajstić information content (AvgIpc) is 3.19. The van der Waals surface area contributed by atoms with E-state index in [9.17, 15) is 4.79 Å². The zero-order chi connectivity index (χ0) is 19.5. The lowest BCUT2D eigenvalue weighted by atomic mass is 9.94. The van der Waals surface area contributed by atoms with E-state index in [4.69, 9.17) is 0 Å². The Bertz CT molecular complexity index is 952. The molecule has 4 heteroatoms. The lowest BCUT2D eigenvalue weighted by Crippen LogP contribution is -2.22. The molecule has 1 atom stereocenters. The summed E-state index contributed by atoms with van der Waals surface area (Å²) >= 11 is 0. The lowest BCUT2D eigenvalue weighted by Gasteiger charge is -2.24. The van der Waals surface area contributed by atoms with Gasteiger partial charge in [0.2, 0.25) is 0 Å². The second kappa shape index (κ2) is 8.17. The number of anilines is 1. The average molecular weight is 376 g/mol. The van der Waals surface area contributed by atoms with Crippen molar-refractivity contribution < 1.29 is 4.79 Å². The predicted octanol–water partition coefficient (Wildman–Crippen LogP) is 6.20. The quantitative estimate of drug-likeness (QED) is 0.504. The first kappa shape index (κ1) is 18.7. The van der Waals surface area contributed by atoms with Crippen molar-refractivity contribution in [2.24, 2.45) is 5.92 Å². The number of aromatic nitrogens is 2. The third kappa shape index (κ3) is 3.68. The molecule has 2 N–H and O–H groups in total. The standard InChI is InChI=1S/C24H29N3O/c1-3-16(2)24(28)18-14-12-17(13-15-18)23-22-20(10-7-11-21(22)26-27-23)25-19-8-5-4-6-9-19/h7,10-16,19,25H,3-6,8-9H2,1-2H3,(H,26,27). The van der Waals surface area contributed by atoms with Gasteiger partial charge in [-0.25, -0.2) is 0 Å². The fourth-order valence-electron chi connectivity index (χ4n) is 4.13. The van der Waals surface area contributed by atoms with E-state index in [1.165, 1.54) is 32.1 Å². The molecule has 0 saturated heterocycles. The molecule has 1 aromatic heterocycles. The summed E-state index contributed by atoms with van der Waals surface area (Å²) in [7, 11) is 0. The van der Waals surface area contributed by atoms with Crippen LogP contribution in [0.4, 0.5) is 5.69 Å². The van der Waals surface area contributed by atoms with Crippen LogP contribution in [0.5, 0.6) is 0 Å². The zero-order valence-electron chi connectivity index (χ0n) is 16.8. The highest BCUT2D eigenvalue weighted by Gasteiger charge is 2.18. The minimum Gasteiger partial charge on any atom is -0.382 e. The van der Waals surface area contributed by atoms with Crippen molar-refractivity contribution in [1.82, 2.24) is 10.2 Å². The second-order valence-corrected chi connectivity index (χ2v) is 8.03. The van der Waals surface area contributed by atoms with E-state index < -0.39 is 0 Å².